The highest BCUT2D eigenvalue weighted by Gasteiger charge is 2.25. The van der Waals surface area contributed by atoms with Crippen LogP contribution in [-0.4, -0.2) is 59.6 Å². The molecular weight excluding hydrogens is 410 g/mol. The number of amides is 2. The van der Waals surface area contributed by atoms with Crippen molar-refractivity contribution in [1.29, 1.82) is 0 Å². The van der Waals surface area contributed by atoms with E-state index < -0.39 is 0 Å². The number of piperazine rings is 1. The molecule has 0 radical (unpaired) electrons. The quantitative estimate of drug-likeness (QED) is 0.604. The van der Waals surface area contributed by atoms with Crippen LogP contribution in [0.4, 0.5) is 4.79 Å². The Morgan fingerprint density at radius 3 is 2.52 bits per heavy atom. The minimum Gasteiger partial charge on any atom is -0.450 e. The maximum absolute atomic E-state index is 12.8. The van der Waals surface area contributed by atoms with Gasteiger partial charge in [0.2, 0.25) is 5.91 Å². The van der Waals surface area contributed by atoms with E-state index >= 15 is 0 Å². The predicted octanol–water partition coefficient (Wildman–Crippen LogP) is 4.04. The maximum atomic E-state index is 12.8. The van der Waals surface area contributed by atoms with Crippen molar-refractivity contribution in [1.82, 2.24) is 14.8 Å². The van der Waals surface area contributed by atoms with E-state index in [0.29, 0.717) is 39.2 Å². The van der Waals surface area contributed by atoms with E-state index in [0.717, 1.165) is 22.0 Å². The summed E-state index contributed by atoms with van der Waals surface area (Å²) in [6, 6.07) is 14.7. The number of benzene rings is 2. The Morgan fingerprint density at radius 2 is 1.74 bits per heavy atom. The van der Waals surface area contributed by atoms with Gasteiger partial charge in [-0.3, -0.25) is 4.79 Å². The molecule has 31 heavy (non-hydrogen) atoms. The van der Waals surface area contributed by atoms with Crippen LogP contribution >= 0.6 is 11.3 Å². The number of rotatable bonds is 5. The first-order chi connectivity index (χ1) is 15.0. The average Bonchev–Trinajstić information content (AvgIpc) is 3.12. The molecule has 7 heteroatoms. The van der Waals surface area contributed by atoms with E-state index in [1.165, 1.54) is 16.3 Å². The van der Waals surface area contributed by atoms with E-state index in [4.69, 9.17) is 9.72 Å². The largest absolute Gasteiger partial charge is 0.450 e. The van der Waals surface area contributed by atoms with Crippen molar-refractivity contribution in [2.45, 2.75) is 26.7 Å². The number of thiazole rings is 1. The molecule has 1 aliphatic heterocycles. The van der Waals surface area contributed by atoms with Crippen molar-refractivity contribution >= 4 is 34.1 Å². The second kappa shape index (κ2) is 9.47. The summed E-state index contributed by atoms with van der Waals surface area (Å²) in [5.41, 5.74) is 2.18. The lowest BCUT2D eigenvalue weighted by atomic mass is 10.0. The lowest BCUT2D eigenvalue weighted by molar-refractivity contribution is -0.132. The van der Waals surface area contributed by atoms with Crippen molar-refractivity contribution < 1.29 is 14.3 Å². The van der Waals surface area contributed by atoms with E-state index in [9.17, 15) is 9.59 Å². The summed E-state index contributed by atoms with van der Waals surface area (Å²) >= 11 is 1.62. The van der Waals surface area contributed by atoms with Crippen LogP contribution in [0.1, 0.15) is 28.1 Å². The van der Waals surface area contributed by atoms with Crippen LogP contribution in [0.25, 0.3) is 10.8 Å². The van der Waals surface area contributed by atoms with Crippen LogP contribution < -0.4 is 0 Å². The van der Waals surface area contributed by atoms with E-state index in [1.54, 1.807) is 23.2 Å². The highest BCUT2D eigenvalue weighted by molar-refractivity contribution is 7.11. The highest BCUT2D eigenvalue weighted by Crippen LogP contribution is 2.26. The fourth-order valence-electron chi connectivity index (χ4n) is 3.94. The van der Waals surface area contributed by atoms with Gasteiger partial charge >= 0.3 is 6.09 Å². The summed E-state index contributed by atoms with van der Waals surface area (Å²) < 4.78 is 5.04. The number of fused-ring (bicyclic) bond motifs is 1. The molecule has 162 valence electrons. The zero-order valence-electron chi connectivity index (χ0n) is 18.0. The Kier molecular flexibility index (Phi) is 6.51. The van der Waals surface area contributed by atoms with Crippen molar-refractivity contribution in [2.24, 2.45) is 0 Å². The Balaban J connectivity index is 1.39. The fourth-order valence-corrected chi connectivity index (χ4v) is 5.02. The van der Waals surface area contributed by atoms with Gasteiger partial charge < -0.3 is 14.5 Å². The molecule has 6 nitrogen and oxygen atoms in total. The molecule has 0 bridgehead atoms. The number of aryl methyl sites for hydroxylation is 1. The smallest absolute Gasteiger partial charge is 0.409 e. The van der Waals surface area contributed by atoms with Crippen molar-refractivity contribution in [3.05, 3.63) is 63.6 Å². The standard InChI is InChI=1S/C24H27N3O3S/c1-3-30-24(29)27-13-11-26(12-14-27)23(28)16-21-17(2)25-22(31-21)15-19-9-6-8-18-7-4-5-10-20(18)19/h4-10H,3,11-16H2,1-2H3. The average molecular weight is 438 g/mol. The molecule has 3 aromatic rings. The Hall–Kier alpha value is -2.93. The first-order valence-electron chi connectivity index (χ1n) is 10.7. The minimum atomic E-state index is -0.300. The molecule has 0 unspecified atom stereocenters. The van der Waals surface area contributed by atoms with E-state index in [1.807, 2.05) is 11.8 Å². The molecule has 2 amide bonds. The fraction of sp³-hybridized carbons (Fsp3) is 0.375. The predicted molar refractivity (Wildman–Crippen MR) is 122 cm³/mol. The normalized spacial score (nSPS) is 14.1. The minimum absolute atomic E-state index is 0.0898. The third-order valence-corrected chi connectivity index (χ3v) is 6.79. The number of nitrogens with zero attached hydrogens (tertiary/aromatic N) is 3. The van der Waals surface area contributed by atoms with Gasteiger partial charge in [-0.25, -0.2) is 9.78 Å². The first kappa shape index (κ1) is 21.3. The van der Waals surface area contributed by atoms with Gasteiger partial charge in [0.05, 0.1) is 23.7 Å². The van der Waals surface area contributed by atoms with Crippen LogP contribution in [0.2, 0.25) is 0 Å². The Bertz CT molecular complexity index is 1080. The molecule has 0 saturated carbocycles. The molecule has 0 aliphatic carbocycles. The molecule has 2 aromatic carbocycles. The molecule has 0 atom stereocenters. The highest BCUT2D eigenvalue weighted by atomic mass is 32.1. The van der Waals surface area contributed by atoms with Crippen LogP contribution in [-0.2, 0) is 22.4 Å². The molecule has 1 saturated heterocycles. The lowest BCUT2D eigenvalue weighted by Crippen LogP contribution is -2.51. The Labute approximate surface area is 186 Å². The van der Waals surface area contributed by atoms with Crippen LogP contribution in [0.15, 0.2) is 42.5 Å². The van der Waals surface area contributed by atoms with Gasteiger partial charge in [-0.05, 0) is 30.2 Å². The SMILES string of the molecule is CCOC(=O)N1CCN(C(=O)Cc2sc(Cc3cccc4ccccc34)nc2C)CC1. The number of carbonyl (C=O) groups is 2. The summed E-state index contributed by atoms with van der Waals surface area (Å²) in [4.78, 5) is 33.9. The Morgan fingerprint density at radius 1 is 1.03 bits per heavy atom. The van der Waals surface area contributed by atoms with Gasteiger partial charge in [-0.2, -0.15) is 0 Å². The van der Waals surface area contributed by atoms with Crippen molar-refractivity contribution in [3.8, 4) is 0 Å². The van der Waals surface area contributed by atoms with Gasteiger partial charge in [-0.15, -0.1) is 11.3 Å². The second-order valence-corrected chi connectivity index (χ2v) is 8.84. The molecular formula is C24H27N3O3S. The lowest BCUT2D eigenvalue weighted by Gasteiger charge is -2.34. The van der Waals surface area contributed by atoms with Crippen molar-refractivity contribution in [3.63, 3.8) is 0 Å². The van der Waals surface area contributed by atoms with Gasteiger partial charge in [0.25, 0.3) is 0 Å². The van der Waals surface area contributed by atoms with Crippen LogP contribution in [0.5, 0.6) is 0 Å². The molecule has 1 fully saturated rings. The van der Waals surface area contributed by atoms with Gasteiger partial charge in [0, 0.05) is 37.5 Å². The third kappa shape index (κ3) is 4.88. The summed E-state index contributed by atoms with van der Waals surface area (Å²) in [5.74, 6) is 0.0898. The van der Waals surface area contributed by atoms with Crippen LogP contribution in [0.3, 0.4) is 0 Å². The van der Waals surface area contributed by atoms with E-state index in [-0.39, 0.29) is 12.0 Å². The number of aromatic nitrogens is 1. The topological polar surface area (TPSA) is 62.7 Å². The summed E-state index contributed by atoms with van der Waals surface area (Å²) in [5, 5.41) is 3.50. The zero-order chi connectivity index (χ0) is 21.8. The summed E-state index contributed by atoms with van der Waals surface area (Å²) in [6.07, 6.45) is 0.823. The number of hydrogen-bond donors (Lipinski definition) is 0. The maximum Gasteiger partial charge on any atom is 0.409 e. The summed E-state index contributed by atoms with van der Waals surface area (Å²) in [6.45, 7) is 6.24. The number of carbonyl (C=O) groups excluding carboxylic acids is 2. The van der Waals surface area contributed by atoms with Gasteiger partial charge in [0.1, 0.15) is 0 Å². The number of hydrogen-bond acceptors (Lipinski definition) is 5. The molecule has 1 aliphatic rings. The zero-order valence-corrected chi connectivity index (χ0v) is 18.8. The van der Waals surface area contributed by atoms with E-state index in [2.05, 4.69) is 42.5 Å². The summed E-state index contributed by atoms with van der Waals surface area (Å²) in [7, 11) is 0. The van der Waals surface area contributed by atoms with Gasteiger partial charge in [0.15, 0.2) is 0 Å². The molecule has 1 aromatic heterocycles. The first-order valence-corrected chi connectivity index (χ1v) is 11.5. The molecule has 0 N–H and O–H groups in total. The van der Waals surface area contributed by atoms with Gasteiger partial charge in [-0.1, -0.05) is 42.5 Å². The monoisotopic (exact) mass is 437 g/mol. The number of ether oxygens (including phenoxy) is 1. The van der Waals surface area contributed by atoms with Crippen LogP contribution in [0, 0.1) is 6.92 Å². The van der Waals surface area contributed by atoms with Crippen molar-refractivity contribution in [2.75, 3.05) is 32.8 Å². The second-order valence-electron chi connectivity index (χ2n) is 7.67. The third-order valence-electron chi connectivity index (χ3n) is 5.63. The molecule has 0 spiro atoms. The molecule has 4 rings (SSSR count). The molecule has 2 heterocycles.